The molecule has 0 radical (unpaired) electrons. The first-order valence-corrected chi connectivity index (χ1v) is 5.71. The highest BCUT2D eigenvalue weighted by atomic mass is 19.1. The Morgan fingerprint density at radius 1 is 1.20 bits per heavy atom. The molecule has 0 spiro atoms. The van der Waals surface area contributed by atoms with Crippen LogP contribution in [0.15, 0.2) is 42.5 Å². The van der Waals surface area contributed by atoms with Crippen LogP contribution in [0, 0.1) is 15.9 Å². The maximum absolute atomic E-state index is 13.1. The quantitative estimate of drug-likeness (QED) is 0.477. The summed E-state index contributed by atoms with van der Waals surface area (Å²) in [6, 6.07) is 9.44. The molecule has 2 rings (SSSR count). The van der Waals surface area contributed by atoms with Crippen molar-refractivity contribution in [3.63, 3.8) is 0 Å². The van der Waals surface area contributed by atoms with Crippen molar-refractivity contribution in [3.05, 3.63) is 69.5 Å². The van der Waals surface area contributed by atoms with Crippen LogP contribution in [0.2, 0.25) is 0 Å². The summed E-state index contributed by atoms with van der Waals surface area (Å²) in [4.78, 5) is 20.7. The third-order valence-corrected chi connectivity index (χ3v) is 2.65. The predicted molar refractivity (Wildman–Crippen MR) is 69.2 cm³/mol. The minimum absolute atomic E-state index is 0.130. The number of halogens is 1. The third kappa shape index (κ3) is 3.17. The van der Waals surface area contributed by atoms with Crippen molar-refractivity contribution in [2.45, 2.75) is 6.61 Å². The van der Waals surface area contributed by atoms with Crippen molar-refractivity contribution in [1.29, 1.82) is 0 Å². The second-order valence-corrected chi connectivity index (χ2v) is 4.01. The summed E-state index contributed by atoms with van der Waals surface area (Å²) in [5, 5.41) is 10.8. The number of hydrogen-bond donors (Lipinski definition) is 0. The molecule has 0 amide bonds. The average molecular weight is 275 g/mol. The lowest BCUT2D eigenvalue weighted by atomic mass is 10.2. The lowest BCUT2D eigenvalue weighted by Gasteiger charge is -2.07. The summed E-state index contributed by atoms with van der Waals surface area (Å²) in [6.45, 7) is -0.130. The lowest BCUT2D eigenvalue weighted by Crippen LogP contribution is -2.01. The van der Waals surface area contributed by atoms with Gasteiger partial charge in [0.25, 0.3) is 5.69 Å². The van der Waals surface area contributed by atoms with Gasteiger partial charge < -0.3 is 4.74 Å². The van der Waals surface area contributed by atoms with Crippen LogP contribution in [0.5, 0.6) is 5.75 Å². The molecule has 0 aliphatic heterocycles. The van der Waals surface area contributed by atoms with Gasteiger partial charge in [-0.3, -0.25) is 14.9 Å². The molecular formula is C14H10FNO4. The fourth-order valence-corrected chi connectivity index (χ4v) is 1.65. The van der Waals surface area contributed by atoms with Gasteiger partial charge in [-0.1, -0.05) is 0 Å². The van der Waals surface area contributed by atoms with Gasteiger partial charge in [-0.25, -0.2) is 4.39 Å². The summed E-state index contributed by atoms with van der Waals surface area (Å²) in [6.07, 6.45) is 0.696. The molecule has 2 aromatic rings. The largest absolute Gasteiger partial charge is 0.489 e. The molecule has 2 aromatic carbocycles. The van der Waals surface area contributed by atoms with Crippen molar-refractivity contribution < 1.29 is 18.8 Å². The fourth-order valence-electron chi connectivity index (χ4n) is 1.65. The van der Waals surface area contributed by atoms with Crippen LogP contribution in [-0.4, -0.2) is 11.2 Å². The lowest BCUT2D eigenvalue weighted by molar-refractivity contribution is -0.385. The molecule has 0 aliphatic carbocycles. The van der Waals surface area contributed by atoms with E-state index in [4.69, 9.17) is 4.74 Å². The van der Waals surface area contributed by atoms with Crippen molar-refractivity contribution in [1.82, 2.24) is 0 Å². The number of benzene rings is 2. The van der Waals surface area contributed by atoms with E-state index >= 15 is 0 Å². The van der Waals surface area contributed by atoms with Crippen LogP contribution in [0.4, 0.5) is 10.1 Å². The van der Waals surface area contributed by atoms with Crippen molar-refractivity contribution in [2.24, 2.45) is 0 Å². The molecule has 6 heteroatoms. The van der Waals surface area contributed by atoms with Crippen molar-refractivity contribution in [2.75, 3.05) is 0 Å². The number of nitro benzene ring substituents is 1. The zero-order valence-electron chi connectivity index (χ0n) is 10.3. The van der Waals surface area contributed by atoms with Gasteiger partial charge >= 0.3 is 0 Å². The molecule has 0 aromatic heterocycles. The maximum Gasteiger partial charge on any atom is 0.276 e. The number of carbonyl (C=O) groups is 1. The van der Waals surface area contributed by atoms with Crippen LogP contribution in [0.3, 0.4) is 0 Å². The molecule has 0 N–H and O–H groups in total. The molecule has 0 heterocycles. The first-order chi connectivity index (χ1) is 9.60. The number of nitro groups is 1. The van der Waals surface area contributed by atoms with Crippen LogP contribution in [0.25, 0.3) is 0 Å². The SMILES string of the molecule is O=Cc1ccc(OCc2cc(F)ccc2[N+](=O)[O-])cc1. The second kappa shape index (κ2) is 5.92. The molecule has 0 saturated heterocycles. The first-order valence-electron chi connectivity index (χ1n) is 5.71. The Morgan fingerprint density at radius 2 is 1.90 bits per heavy atom. The molecule has 20 heavy (non-hydrogen) atoms. The fraction of sp³-hybridized carbons (Fsp3) is 0.0714. The summed E-state index contributed by atoms with van der Waals surface area (Å²) < 4.78 is 18.5. The van der Waals surface area contributed by atoms with Crippen LogP contribution >= 0.6 is 0 Å². The van der Waals surface area contributed by atoms with Gasteiger partial charge in [0.15, 0.2) is 0 Å². The standard InChI is InChI=1S/C14H10FNO4/c15-12-3-6-14(16(18)19)11(7-12)9-20-13-4-1-10(8-17)2-5-13/h1-8H,9H2. The summed E-state index contributed by atoms with van der Waals surface area (Å²) in [5.74, 6) is -0.125. The van der Waals surface area contributed by atoms with E-state index in [9.17, 15) is 19.3 Å². The van der Waals surface area contributed by atoms with E-state index in [0.717, 1.165) is 18.2 Å². The molecule has 5 nitrogen and oxygen atoms in total. The van der Waals surface area contributed by atoms with Crippen LogP contribution < -0.4 is 4.74 Å². The number of hydrogen-bond acceptors (Lipinski definition) is 4. The van der Waals surface area contributed by atoms with Gasteiger partial charge in [0, 0.05) is 11.6 Å². The second-order valence-electron chi connectivity index (χ2n) is 4.01. The molecule has 0 unspecified atom stereocenters. The molecule has 102 valence electrons. The van der Waals surface area contributed by atoms with Crippen LogP contribution in [0.1, 0.15) is 15.9 Å². The van der Waals surface area contributed by atoms with Crippen molar-refractivity contribution >= 4 is 12.0 Å². The van der Waals surface area contributed by atoms with E-state index in [-0.39, 0.29) is 17.9 Å². The van der Waals surface area contributed by atoms with Crippen LogP contribution in [-0.2, 0) is 6.61 Å². The number of carbonyl (C=O) groups excluding carboxylic acids is 1. The number of aldehydes is 1. The summed E-state index contributed by atoms with van der Waals surface area (Å²) in [7, 11) is 0. The zero-order valence-corrected chi connectivity index (χ0v) is 10.3. The van der Waals surface area contributed by atoms with E-state index in [0.29, 0.717) is 17.6 Å². The minimum atomic E-state index is -0.590. The van der Waals surface area contributed by atoms with E-state index in [1.54, 1.807) is 24.3 Å². The zero-order chi connectivity index (χ0) is 14.5. The highest BCUT2D eigenvalue weighted by molar-refractivity contribution is 5.74. The Kier molecular flexibility index (Phi) is 4.05. The molecule has 0 fully saturated rings. The molecular weight excluding hydrogens is 265 g/mol. The highest BCUT2D eigenvalue weighted by Crippen LogP contribution is 2.22. The summed E-state index contributed by atoms with van der Waals surface area (Å²) >= 11 is 0. The summed E-state index contributed by atoms with van der Waals surface area (Å²) in [5.41, 5.74) is 0.444. The van der Waals surface area contributed by atoms with E-state index in [1.807, 2.05) is 0 Å². The maximum atomic E-state index is 13.1. The third-order valence-electron chi connectivity index (χ3n) is 2.65. The Bertz CT molecular complexity index is 640. The van der Waals surface area contributed by atoms with Gasteiger partial charge in [0.1, 0.15) is 24.5 Å². The molecule has 0 aliphatic rings. The molecule has 0 atom stereocenters. The van der Waals surface area contributed by atoms with Gasteiger partial charge in [0.2, 0.25) is 0 Å². The van der Waals surface area contributed by atoms with Gasteiger partial charge in [-0.05, 0) is 36.4 Å². The van der Waals surface area contributed by atoms with E-state index in [1.165, 1.54) is 0 Å². The van der Waals surface area contributed by atoms with E-state index in [2.05, 4.69) is 0 Å². The van der Waals surface area contributed by atoms with Crippen molar-refractivity contribution in [3.8, 4) is 5.75 Å². The van der Waals surface area contributed by atoms with Gasteiger partial charge in [0.05, 0.1) is 10.5 Å². The molecule has 0 bridgehead atoms. The Labute approximate surface area is 113 Å². The van der Waals surface area contributed by atoms with Gasteiger partial charge in [-0.15, -0.1) is 0 Å². The Morgan fingerprint density at radius 3 is 2.50 bits per heavy atom. The average Bonchev–Trinajstić information content (AvgIpc) is 2.45. The number of nitrogens with zero attached hydrogens (tertiary/aromatic N) is 1. The van der Waals surface area contributed by atoms with Gasteiger partial charge in [-0.2, -0.15) is 0 Å². The normalized spacial score (nSPS) is 10.1. The van der Waals surface area contributed by atoms with E-state index < -0.39 is 10.7 Å². The monoisotopic (exact) mass is 275 g/mol. The predicted octanol–water partition coefficient (Wildman–Crippen LogP) is 3.13. The number of ether oxygens (including phenoxy) is 1. The Balaban J connectivity index is 2.15. The Hall–Kier alpha value is -2.76. The highest BCUT2D eigenvalue weighted by Gasteiger charge is 2.14. The molecule has 0 saturated carbocycles. The smallest absolute Gasteiger partial charge is 0.276 e. The number of rotatable bonds is 5. The minimum Gasteiger partial charge on any atom is -0.489 e. The topological polar surface area (TPSA) is 69.4 Å². The first kappa shape index (κ1) is 13.7.